The zero-order valence-corrected chi connectivity index (χ0v) is 32.5. The predicted molar refractivity (Wildman–Crippen MR) is 209 cm³/mol. The molecule has 0 spiro atoms. The first-order valence-corrected chi connectivity index (χ1v) is 20.6. The molecule has 0 fully saturated rings. The molecule has 0 saturated heterocycles. The van der Waals surface area contributed by atoms with Crippen LogP contribution in [0.2, 0.25) is 0 Å². The normalized spacial score (nSPS) is 14.4. The number of nitrogens with zero attached hydrogens (tertiary/aromatic N) is 4. The Balaban J connectivity index is 1.09. The smallest absolute Gasteiger partial charge is 0.323 e. The van der Waals surface area contributed by atoms with Gasteiger partial charge in [-0.1, -0.05) is 45.9 Å². The van der Waals surface area contributed by atoms with Gasteiger partial charge in [0.2, 0.25) is 10.0 Å². The number of urea groups is 1. The SMILES string of the molecule is CCCSc1ccccc1-c1nnc2n1CCN(CCOc1ccc(NC(=O)Nc3cc(C(C)(C)C)cc(NS(C)(=O)=O)c3OC)c3c1CCC3)C2. The van der Waals surface area contributed by atoms with E-state index in [1.54, 1.807) is 6.07 Å². The van der Waals surface area contributed by atoms with Gasteiger partial charge < -0.3 is 24.7 Å². The Hall–Kier alpha value is -4.27. The quantitative estimate of drug-likeness (QED) is 0.122. The Bertz CT molecular complexity index is 2040. The van der Waals surface area contributed by atoms with Crippen LogP contribution in [0.3, 0.4) is 0 Å². The highest BCUT2D eigenvalue weighted by Crippen LogP contribution is 2.40. The Morgan fingerprint density at radius 1 is 0.981 bits per heavy atom. The highest BCUT2D eigenvalue weighted by molar-refractivity contribution is 7.99. The second-order valence-corrected chi connectivity index (χ2v) is 17.2. The predicted octanol–water partition coefficient (Wildman–Crippen LogP) is 7.15. The van der Waals surface area contributed by atoms with E-state index in [0.717, 1.165) is 103 Å². The fraction of sp³-hybridized carbons (Fsp3) is 0.447. The zero-order valence-electron chi connectivity index (χ0n) is 30.8. The minimum Gasteiger partial charge on any atom is -0.492 e. The second kappa shape index (κ2) is 15.8. The number of nitrogens with one attached hydrogen (secondary N) is 3. The molecule has 0 saturated carbocycles. The Morgan fingerprint density at radius 2 is 1.73 bits per heavy atom. The molecular weight excluding hydrogens is 699 g/mol. The Labute approximate surface area is 311 Å². The molecule has 2 amide bonds. The summed E-state index contributed by atoms with van der Waals surface area (Å²) in [5.74, 6) is 4.05. The van der Waals surface area contributed by atoms with E-state index >= 15 is 0 Å². The number of benzene rings is 3. The maximum Gasteiger partial charge on any atom is 0.323 e. The molecule has 3 aromatic carbocycles. The maximum absolute atomic E-state index is 13.4. The number of ether oxygens (including phenoxy) is 2. The van der Waals surface area contributed by atoms with E-state index in [1.165, 1.54) is 12.0 Å². The summed E-state index contributed by atoms with van der Waals surface area (Å²) < 4.78 is 41.0. The summed E-state index contributed by atoms with van der Waals surface area (Å²) in [7, 11) is -2.15. The number of methoxy groups -OCH3 is 1. The summed E-state index contributed by atoms with van der Waals surface area (Å²) in [6.07, 6.45) is 4.87. The van der Waals surface area contributed by atoms with Gasteiger partial charge in [0.1, 0.15) is 18.2 Å². The van der Waals surface area contributed by atoms with E-state index in [1.807, 2.05) is 50.7 Å². The van der Waals surface area contributed by atoms with Crippen LogP contribution in [0.25, 0.3) is 11.4 Å². The Morgan fingerprint density at radius 3 is 2.48 bits per heavy atom. The lowest BCUT2D eigenvalue weighted by atomic mass is 9.86. The van der Waals surface area contributed by atoms with Crippen molar-refractivity contribution in [2.24, 2.45) is 0 Å². The molecule has 278 valence electrons. The molecule has 6 rings (SSSR count). The highest BCUT2D eigenvalue weighted by atomic mass is 32.2. The van der Waals surface area contributed by atoms with Crippen molar-refractivity contribution in [1.82, 2.24) is 19.7 Å². The summed E-state index contributed by atoms with van der Waals surface area (Å²) >= 11 is 1.87. The molecule has 2 aliphatic rings. The fourth-order valence-electron chi connectivity index (χ4n) is 6.72. The van der Waals surface area contributed by atoms with Gasteiger partial charge in [0.05, 0.1) is 31.3 Å². The van der Waals surface area contributed by atoms with Crippen molar-refractivity contribution in [2.45, 2.75) is 76.8 Å². The van der Waals surface area contributed by atoms with Crippen LogP contribution >= 0.6 is 11.8 Å². The fourth-order valence-corrected chi connectivity index (χ4v) is 8.19. The largest absolute Gasteiger partial charge is 0.492 e. The number of fused-ring (bicyclic) bond motifs is 2. The third-order valence-electron chi connectivity index (χ3n) is 9.28. The van der Waals surface area contributed by atoms with Crippen molar-refractivity contribution >= 4 is 44.9 Å². The number of rotatable bonds is 13. The maximum atomic E-state index is 13.4. The van der Waals surface area contributed by atoms with Gasteiger partial charge in [-0.15, -0.1) is 22.0 Å². The van der Waals surface area contributed by atoms with E-state index in [2.05, 4.69) is 66.2 Å². The molecule has 0 unspecified atom stereocenters. The minimum absolute atomic E-state index is 0.226. The number of thioether (sulfide) groups is 1. The molecule has 0 bridgehead atoms. The summed E-state index contributed by atoms with van der Waals surface area (Å²) in [6.45, 7) is 12.0. The number of carbonyl (C=O) groups is 1. The highest BCUT2D eigenvalue weighted by Gasteiger charge is 2.26. The Kier molecular flexibility index (Phi) is 11.4. The number of hydrogen-bond donors (Lipinski definition) is 3. The molecule has 0 atom stereocenters. The lowest BCUT2D eigenvalue weighted by Crippen LogP contribution is -2.36. The standard InChI is InChI=1S/C38H49N7O5S2/c1-7-21-51-33-14-9-8-11-28(33)36-42-41-34-24-44(17-18-45(34)36)19-20-50-32-16-15-29(26-12-10-13-27(26)32)39-37(46)40-30-22-25(38(2,3)4)23-31(35(30)49-5)43-52(6,47)48/h8-9,11,14-16,22-23,43H,7,10,12-13,17-21,24H2,1-6H3,(H2,39,40,46). The first kappa shape index (κ1) is 37.5. The first-order chi connectivity index (χ1) is 24.8. The van der Waals surface area contributed by atoms with E-state index in [0.29, 0.717) is 18.8 Å². The monoisotopic (exact) mass is 747 g/mol. The van der Waals surface area contributed by atoms with Gasteiger partial charge in [0, 0.05) is 35.8 Å². The van der Waals surface area contributed by atoms with E-state index in [9.17, 15) is 13.2 Å². The molecule has 2 heterocycles. The van der Waals surface area contributed by atoms with Gasteiger partial charge in [0.25, 0.3) is 0 Å². The average molecular weight is 748 g/mol. The van der Waals surface area contributed by atoms with Crippen LogP contribution in [0.5, 0.6) is 11.5 Å². The average Bonchev–Trinajstić information content (AvgIpc) is 3.75. The molecule has 12 nitrogen and oxygen atoms in total. The summed E-state index contributed by atoms with van der Waals surface area (Å²) in [4.78, 5) is 17.0. The number of hydrogen-bond acceptors (Lipinski definition) is 9. The number of aromatic nitrogens is 3. The third kappa shape index (κ3) is 8.67. The van der Waals surface area contributed by atoms with Gasteiger partial charge in [-0.2, -0.15) is 0 Å². The van der Waals surface area contributed by atoms with Crippen molar-refractivity contribution in [3.05, 3.63) is 71.0 Å². The minimum atomic E-state index is -3.59. The van der Waals surface area contributed by atoms with Crippen LogP contribution in [-0.2, 0) is 41.4 Å². The number of anilines is 3. The second-order valence-electron chi connectivity index (χ2n) is 14.3. The lowest BCUT2D eigenvalue weighted by Gasteiger charge is -2.28. The van der Waals surface area contributed by atoms with Crippen molar-refractivity contribution in [2.75, 3.05) is 54.2 Å². The van der Waals surface area contributed by atoms with Crippen LogP contribution in [0.15, 0.2) is 53.4 Å². The molecular formula is C38H49N7O5S2. The summed E-state index contributed by atoms with van der Waals surface area (Å²) in [5, 5.41) is 15.1. The first-order valence-electron chi connectivity index (χ1n) is 17.8. The van der Waals surface area contributed by atoms with Crippen LogP contribution < -0.4 is 24.8 Å². The van der Waals surface area contributed by atoms with Crippen LogP contribution in [0.4, 0.5) is 21.9 Å². The van der Waals surface area contributed by atoms with Gasteiger partial charge in [0.15, 0.2) is 11.6 Å². The van der Waals surface area contributed by atoms with E-state index < -0.39 is 16.1 Å². The molecule has 14 heteroatoms. The van der Waals surface area contributed by atoms with Crippen molar-refractivity contribution in [1.29, 1.82) is 0 Å². The molecule has 0 radical (unpaired) electrons. The number of sulfonamides is 1. The topological polar surface area (TPSA) is 140 Å². The zero-order chi connectivity index (χ0) is 37.0. The summed E-state index contributed by atoms with van der Waals surface area (Å²) in [5.41, 5.74) is 5.18. The van der Waals surface area contributed by atoms with Crippen molar-refractivity contribution in [3.8, 4) is 22.9 Å². The van der Waals surface area contributed by atoms with Gasteiger partial charge in [-0.05, 0) is 83.9 Å². The lowest BCUT2D eigenvalue weighted by molar-refractivity contribution is 0.174. The molecule has 3 N–H and O–H groups in total. The van der Waals surface area contributed by atoms with E-state index in [-0.39, 0.29) is 16.9 Å². The molecule has 1 aliphatic heterocycles. The molecule has 52 heavy (non-hydrogen) atoms. The van der Waals surface area contributed by atoms with Crippen LogP contribution in [0.1, 0.15) is 63.1 Å². The number of amides is 2. The number of carbonyl (C=O) groups excluding carboxylic acids is 1. The molecule has 1 aromatic heterocycles. The van der Waals surface area contributed by atoms with Gasteiger partial charge >= 0.3 is 6.03 Å². The van der Waals surface area contributed by atoms with Crippen LogP contribution in [-0.4, -0.2) is 72.9 Å². The van der Waals surface area contributed by atoms with Gasteiger partial charge in [-0.25, -0.2) is 13.2 Å². The van der Waals surface area contributed by atoms with E-state index in [4.69, 9.17) is 9.47 Å². The molecule has 4 aromatic rings. The van der Waals surface area contributed by atoms with Gasteiger partial charge in [-0.3, -0.25) is 9.62 Å². The van der Waals surface area contributed by atoms with Crippen molar-refractivity contribution < 1.29 is 22.7 Å². The van der Waals surface area contributed by atoms with Crippen LogP contribution in [0, 0.1) is 0 Å². The van der Waals surface area contributed by atoms with Crippen molar-refractivity contribution in [3.63, 3.8) is 0 Å². The molecule has 1 aliphatic carbocycles. The summed E-state index contributed by atoms with van der Waals surface area (Å²) in [6, 6.07) is 15.4. The third-order valence-corrected chi connectivity index (χ3v) is 11.1.